The van der Waals surface area contributed by atoms with Crippen LogP contribution in [-0.2, 0) is 6.61 Å². The molecule has 0 aliphatic rings. The Morgan fingerprint density at radius 2 is 1.62 bits per heavy atom. The van der Waals surface area contributed by atoms with Gasteiger partial charge in [-0.3, -0.25) is 4.79 Å². The molecule has 0 amide bonds. The summed E-state index contributed by atoms with van der Waals surface area (Å²) in [5.74, 6) is -0.578. The first-order valence-corrected chi connectivity index (χ1v) is 8.20. The largest absolute Gasteiger partial charge is 0.488 e. The van der Waals surface area contributed by atoms with Gasteiger partial charge in [0.25, 0.3) is 0 Å². The number of carboxylic acids is 1. The van der Waals surface area contributed by atoms with E-state index in [0.717, 1.165) is 16.7 Å². The minimum absolute atomic E-state index is 0.107. The first kappa shape index (κ1) is 17.4. The minimum Gasteiger partial charge on any atom is -0.488 e. The van der Waals surface area contributed by atoms with E-state index in [0.29, 0.717) is 17.9 Å². The van der Waals surface area contributed by atoms with E-state index in [1.165, 1.54) is 13.0 Å². The molecule has 0 aliphatic carbocycles. The van der Waals surface area contributed by atoms with Gasteiger partial charge in [0.05, 0.1) is 11.1 Å². The lowest BCUT2D eigenvalue weighted by atomic mass is 9.99. The van der Waals surface area contributed by atoms with Crippen LogP contribution in [0.3, 0.4) is 0 Å². The van der Waals surface area contributed by atoms with Gasteiger partial charge in [-0.05, 0) is 47.9 Å². The number of rotatable bonds is 6. The molecule has 0 bridgehead atoms. The van der Waals surface area contributed by atoms with E-state index in [9.17, 15) is 9.59 Å². The molecule has 0 spiro atoms. The fourth-order valence-electron chi connectivity index (χ4n) is 2.68. The Hall–Kier alpha value is -3.40. The molecule has 0 atom stereocenters. The second-order valence-corrected chi connectivity index (χ2v) is 5.93. The Bertz CT molecular complexity index is 945. The molecule has 3 aromatic rings. The summed E-state index contributed by atoms with van der Waals surface area (Å²) in [6, 6.07) is 21.7. The maximum Gasteiger partial charge on any atom is 0.335 e. The van der Waals surface area contributed by atoms with Crippen LogP contribution in [0.1, 0.15) is 33.2 Å². The van der Waals surface area contributed by atoms with Crippen molar-refractivity contribution in [3.8, 4) is 16.9 Å². The zero-order chi connectivity index (χ0) is 18.5. The van der Waals surface area contributed by atoms with Gasteiger partial charge in [0, 0.05) is 0 Å². The molecule has 1 N–H and O–H groups in total. The molecule has 0 radical (unpaired) electrons. The summed E-state index contributed by atoms with van der Waals surface area (Å²) in [4.78, 5) is 23.2. The summed E-state index contributed by atoms with van der Waals surface area (Å²) in [5, 5.41) is 9.15. The summed E-state index contributed by atoms with van der Waals surface area (Å²) >= 11 is 0. The molecular formula is C22H18O4. The third-order valence-corrected chi connectivity index (χ3v) is 4.04. The number of Topliss-reactive ketones (excluding diaryl/α,β-unsaturated/α-hetero) is 1. The number of ether oxygens (including phenoxy) is 1. The number of ketones is 1. The molecular weight excluding hydrogens is 328 g/mol. The lowest BCUT2D eigenvalue weighted by Gasteiger charge is -2.12. The molecule has 0 fully saturated rings. The Balaban J connectivity index is 1.90. The lowest BCUT2D eigenvalue weighted by Crippen LogP contribution is -2.02. The number of benzene rings is 3. The van der Waals surface area contributed by atoms with Gasteiger partial charge >= 0.3 is 5.97 Å². The average Bonchev–Trinajstić information content (AvgIpc) is 2.67. The first-order valence-electron chi connectivity index (χ1n) is 8.20. The number of hydrogen-bond acceptors (Lipinski definition) is 3. The zero-order valence-corrected chi connectivity index (χ0v) is 14.3. The molecule has 130 valence electrons. The van der Waals surface area contributed by atoms with Crippen LogP contribution in [0.4, 0.5) is 0 Å². The van der Waals surface area contributed by atoms with E-state index in [1.54, 1.807) is 24.3 Å². The van der Waals surface area contributed by atoms with E-state index in [4.69, 9.17) is 9.84 Å². The van der Waals surface area contributed by atoms with Crippen molar-refractivity contribution in [3.05, 3.63) is 89.5 Å². The van der Waals surface area contributed by atoms with Crippen LogP contribution >= 0.6 is 0 Å². The molecule has 4 heteroatoms. The molecule has 0 saturated heterocycles. The molecule has 0 heterocycles. The Morgan fingerprint density at radius 3 is 2.31 bits per heavy atom. The third-order valence-electron chi connectivity index (χ3n) is 4.04. The standard InChI is InChI=1S/C22H18O4/c1-15(23)20-13-18(17-8-5-9-19(12-17)22(24)25)10-11-21(20)26-14-16-6-3-2-4-7-16/h2-13H,14H2,1H3,(H,24,25). The molecule has 0 aromatic heterocycles. The molecule has 3 aromatic carbocycles. The van der Waals surface area contributed by atoms with Gasteiger partial charge in [0.15, 0.2) is 5.78 Å². The second-order valence-electron chi connectivity index (χ2n) is 5.93. The van der Waals surface area contributed by atoms with Gasteiger partial charge in [-0.15, -0.1) is 0 Å². The van der Waals surface area contributed by atoms with E-state index in [-0.39, 0.29) is 11.3 Å². The number of carboxylic acid groups (broad SMARTS) is 1. The van der Waals surface area contributed by atoms with Crippen molar-refractivity contribution in [2.75, 3.05) is 0 Å². The highest BCUT2D eigenvalue weighted by molar-refractivity contribution is 5.98. The van der Waals surface area contributed by atoms with Crippen molar-refractivity contribution >= 4 is 11.8 Å². The molecule has 4 nitrogen and oxygen atoms in total. The Labute approximate surface area is 151 Å². The van der Waals surface area contributed by atoms with Crippen LogP contribution in [0.5, 0.6) is 5.75 Å². The van der Waals surface area contributed by atoms with Gasteiger partial charge in [-0.1, -0.05) is 48.5 Å². The predicted molar refractivity (Wildman–Crippen MR) is 99.6 cm³/mol. The molecule has 0 aliphatic heterocycles. The molecule has 26 heavy (non-hydrogen) atoms. The van der Waals surface area contributed by atoms with Gasteiger partial charge in [0.1, 0.15) is 12.4 Å². The SMILES string of the molecule is CC(=O)c1cc(-c2cccc(C(=O)O)c2)ccc1OCc1ccccc1. The summed E-state index contributed by atoms with van der Waals surface area (Å²) in [5.41, 5.74) is 3.20. The van der Waals surface area contributed by atoms with Crippen LogP contribution in [0.25, 0.3) is 11.1 Å². The van der Waals surface area contributed by atoms with Crippen molar-refractivity contribution in [1.82, 2.24) is 0 Å². The zero-order valence-electron chi connectivity index (χ0n) is 14.3. The highest BCUT2D eigenvalue weighted by Crippen LogP contribution is 2.28. The average molecular weight is 346 g/mol. The number of carbonyl (C=O) groups excluding carboxylic acids is 1. The topological polar surface area (TPSA) is 63.6 Å². The summed E-state index contributed by atoms with van der Waals surface area (Å²) in [6.45, 7) is 1.86. The van der Waals surface area contributed by atoms with Crippen molar-refractivity contribution in [2.24, 2.45) is 0 Å². The molecule has 0 unspecified atom stereocenters. The van der Waals surface area contributed by atoms with E-state index < -0.39 is 5.97 Å². The van der Waals surface area contributed by atoms with Crippen LogP contribution in [0, 0.1) is 0 Å². The fraction of sp³-hybridized carbons (Fsp3) is 0.0909. The minimum atomic E-state index is -0.985. The Kier molecular flexibility index (Phi) is 5.13. The monoisotopic (exact) mass is 346 g/mol. The van der Waals surface area contributed by atoms with Gasteiger partial charge in [0.2, 0.25) is 0 Å². The van der Waals surface area contributed by atoms with Crippen molar-refractivity contribution in [3.63, 3.8) is 0 Å². The quantitative estimate of drug-likeness (QED) is 0.649. The second kappa shape index (κ2) is 7.66. The van der Waals surface area contributed by atoms with Crippen LogP contribution in [0.15, 0.2) is 72.8 Å². The van der Waals surface area contributed by atoms with Crippen molar-refractivity contribution in [1.29, 1.82) is 0 Å². The fourth-order valence-corrected chi connectivity index (χ4v) is 2.68. The van der Waals surface area contributed by atoms with Crippen LogP contribution in [-0.4, -0.2) is 16.9 Å². The normalized spacial score (nSPS) is 10.3. The van der Waals surface area contributed by atoms with Gasteiger partial charge in [-0.25, -0.2) is 4.79 Å². The summed E-state index contributed by atoms with van der Waals surface area (Å²) in [7, 11) is 0. The van der Waals surface area contributed by atoms with E-state index in [2.05, 4.69) is 0 Å². The summed E-state index contributed by atoms with van der Waals surface area (Å²) < 4.78 is 5.82. The smallest absolute Gasteiger partial charge is 0.335 e. The molecule has 3 rings (SSSR count). The predicted octanol–water partition coefficient (Wildman–Crippen LogP) is 4.83. The maximum absolute atomic E-state index is 12.1. The van der Waals surface area contributed by atoms with Crippen molar-refractivity contribution in [2.45, 2.75) is 13.5 Å². The maximum atomic E-state index is 12.1. The number of hydrogen-bond donors (Lipinski definition) is 1. The van der Waals surface area contributed by atoms with Gasteiger partial charge in [-0.2, -0.15) is 0 Å². The van der Waals surface area contributed by atoms with Gasteiger partial charge < -0.3 is 9.84 Å². The summed E-state index contributed by atoms with van der Waals surface area (Å²) in [6.07, 6.45) is 0. The highest BCUT2D eigenvalue weighted by atomic mass is 16.5. The number of aromatic carboxylic acids is 1. The van der Waals surface area contributed by atoms with E-state index in [1.807, 2.05) is 42.5 Å². The highest BCUT2D eigenvalue weighted by Gasteiger charge is 2.12. The molecule has 0 saturated carbocycles. The van der Waals surface area contributed by atoms with Crippen LogP contribution < -0.4 is 4.74 Å². The van der Waals surface area contributed by atoms with Crippen molar-refractivity contribution < 1.29 is 19.4 Å². The van der Waals surface area contributed by atoms with Crippen LogP contribution in [0.2, 0.25) is 0 Å². The Morgan fingerprint density at radius 1 is 0.885 bits per heavy atom. The van der Waals surface area contributed by atoms with E-state index >= 15 is 0 Å². The lowest BCUT2D eigenvalue weighted by molar-refractivity contribution is 0.0696. The first-order chi connectivity index (χ1) is 12.5. The third kappa shape index (κ3) is 3.98. The number of carbonyl (C=O) groups is 2.